The van der Waals surface area contributed by atoms with Crippen LogP contribution < -0.4 is 0 Å². The zero-order valence-corrected chi connectivity index (χ0v) is 11.6. The van der Waals surface area contributed by atoms with E-state index in [9.17, 15) is 9.59 Å². The highest BCUT2D eigenvalue weighted by atomic mass is 16.6. The average Bonchev–Trinajstić information content (AvgIpc) is 2.25. The molecule has 0 saturated carbocycles. The van der Waals surface area contributed by atoms with E-state index in [0.717, 1.165) is 12.8 Å². The van der Waals surface area contributed by atoms with Gasteiger partial charge in [-0.3, -0.25) is 4.90 Å². The second kappa shape index (κ2) is 5.59. The molecule has 0 radical (unpaired) electrons. The van der Waals surface area contributed by atoms with Crippen molar-refractivity contribution < 1.29 is 19.4 Å². The molecule has 5 heteroatoms. The predicted octanol–water partition coefficient (Wildman–Crippen LogP) is 2.50. The number of carbonyl (C=O) groups excluding carboxylic acids is 1. The third kappa shape index (κ3) is 3.89. The Morgan fingerprint density at radius 3 is 2.39 bits per heavy atom. The molecule has 1 heterocycles. The normalized spacial score (nSPS) is 24.8. The summed E-state index contributed by atoms with van der Waals surface area (Å²) in [5, 5.41) is 9.17. The molecule has 0 spiro atoms. The van der Waals surface area contributed by atoms with E-state index in [-0.39, 0.29) is 0 Å². The number of nitrogens with zero attached hydrogens (tertiary/aromatic N) is 1. The van der Waals surface area contributed by atoms with E-state index < -0.39 is 23.7 Å². The van der Waals surface area contributed by atoms with Gasteiger partial charge in [0, 0.05) is 6.54 Å². The summed E-state index contributed by atoms with van der Waals surface area (Å²) in [6, 6.07) is -0.748. The Kier molecular flexibility index (Phi) is 4.59. The number of ether oxygens (including phenoxy) is 1. The first-order valence-corrected chi connectivity index (χ1v) is 6.47. The monoisotopic (exact) mass is 257 g/mol. The number of amides is 1. The summed E-state index contributed by atoms with van der Waals surface area (Å²) in [6.45, 7) is 7.87. The quantitative estimate of drug-likeness (QED) is 0.825. The second-order valence-corrected chi connectivity index (χ2v) is 5.84. The Labute approximate surface area is 108 Å². The summed E-state index contributed by atoms with van der Waals surface area (Å²) >= 11 is 0. The molecule has 1 amide bonds. The van der Waals surface area contributed by atoms with E-state index in [1.54, 1.807) is 20.8 Å². The maximum absolute atomic E-state index is 12.0. The molecule has 1 aliphatic rings. The van der Waals surface area contributed by atoms with Crippen LogP contribution in [0.5, 0.6) is 0 Å². The van der Waals surface area contributed by atoms with Crippen molar-refractivity contribution in [1.82, 2.24) is 4.90 Å². The number of piperidine rings is 1. The number of carboxylic acids is 1. The molecule has 0 aromatic heterocycles. The van der Waals surface area contributed by atoms with E-state index in [2.05, 4.69) is 6.92 Å². The third-order valence-electron chi connectivity index (χ3n) is 3.17. The number of hydrogen-bond donors (Lipinski definition) is 1. The van der Waals surface area contributed by atoms with Gasteiger partial charge in [-0.1, -0.05) is 13.3 Å². The minimum atomic E-state index is -0.949. The fraction of sp³-hybridized carbons (Fsp3) is 0.846. The van der Waals surface area contributed by atoms with Crippen LogP contribution in [0.3, 0.4) is 0 Å². The summed E-state index contributed by atoms with van der Waals surface area (Å²) in [5.41, 5.74) is -0.598. The molecule has 0 bridgehead atoms. The van der Waals surface area contributed by atoms with Crippen LogP contribution in [0.15, 0.2) is 0 Å². The lowest BCUT2D eigenvalue weighted by molar-refractivity contribution is -0.145. The van der Waals surface area contributed by atoms with Gasteiger partial charge in [-0.25, -0.2) is 9.59 Å². The highest BCUT2D eigenvalue weighted by Gasteiger charge is 2.37. The van der Waals surface area contributed by atoms with Gasteiger partial charge in [-0.15, -0.1) is 0 Å². The van der Waals surface area contributed by atoms with Gasteiger partial charge in [0.15, 0.2) is 0 Å². The topological polar surface area (TPSA) is 66.8 Å². The first kappa shape index (κ1) is 14.8. The molecule has 1 saturated heterocycles. The number of likely N-dealkylation sites (tertiary alicyclic amines) is 1. The SMILES string of the molecule is CC[C@@H]1CC[C@@H](C(=O)O)N(C(=O)OC(C)(C)C)C1. The number of carboxylic acid groups (broad SMARTS) is 1. The molecule has 0 aromatic rings. The molecule has 1 aliphatic heterocycles. The molecular formula is C13H23NO4. The predicted molar refractivity (Wildman–Crippen MR) is 67.4 cm³/mol. The first-order chi connectivity index (χ1) is 8.24. The molecule has 0 aliphatic carbocycles. The molecule has 104 valence electrons. The Morgan fingerprint density at radius 2 is 1.94 bits per heavy atom. The van der Waals surface area contributed by atoms with Gasteiger partial charge in [0.1, 0.15) is 11.6 Å². The van der Waals surface area contributed by atoms with Crippen LogP contribution in [0.4, 0.5) is 4.79 Å². The zero-order chi connectivity index (χ0) is 13.9. The second-order valence-electron chi connectivity index (χ2n) is 5.84. The Hall–Kier alpha value is -1.26. The van der Waals surface area contributed by atoms with Crippen molar-refractivity contribution in [3.05, 3.63) is 0 Å². The van der Waals surface area contributed by atoms with Crippen LogP contribution in [0.25, 0.3) is 0 Å². The molecule has 5 nitrogen and oxygen atoms in total. The fourth-order valence-corrected chi connectivity index (χ4v) is 2.16. The van der Waals surface area contributed by atoms with E-state index in [1.165, 1.54) is 4.90 Å². The van der Waals surface area contributed by atoms with Gasteiger partial charge < -0.3 is 9.84 Å². The van der Waals surface area contributed by atoms with Crippen LogP contribution in [0, 0.1) is 5.92 Å². The number of aliphatic carboxylic acids is 1. The van der Waals surface area contributed by atoms with Gasteiger partial charge in [0.2, 0.25) is 0 Å². The first-order valence-electron chi connectivity index (χ1n) is 6.47. The lowest BCUT2D eigenvalue weighted by Gasteiger charge is -2.37. The van der Waals surface area contributed by atoms with E-state index >= 15 is 0 Å². The highest BCUT2D eigenvalue weighted by Crippen LogP contribution is 2.26. The summed E-state index contributed by atoms with van der Waals surface area (Å²) < 4.78 is 5.27. The summed E-state index contributed by atoms with van der Waals surface area (Å²) in [4.78, 5) is 24.6. The third-order valence-corrected chi connectivity index (χ3v) is 3.17. The van der Waals surface area contributed by atoms with Gasteiger partial charge in [-0.2, -0.15) is 0 Å². The smallest absolute Gasteiger partial charge is 0.411 e. The summed E-state index contributed by atoms with van der Waals surface area (Å²) in [7, 11) is 0. The average molecular weight is 257 g/mol. The number of carbonyl (C=O) groups is 2. The van der Waals surface area contributed by atoms with Crippen LogP contribution >= 0.6 is 0 Å². The summed E-state index contributed by atoms with van der Waals surface area (Å²) in [6.07, 6.45) is 1.79. The molecule has 1 rings (SSSR count). The van der Waals surface area contributed by atoms with Crippen LogP contribution in [-0.4, -0.2) is 40.3 Å². The molecule has 1 N–H and O–H groups in total. The van der Waals surface area contributed by atoms with E-state index in [0.29, 0.717) is 18.9 Å². The standard InChI is InChI=1S/C13H23NO4/c1-5-9-6-7-10(11(15)16)14(8-9)12(17)18-13(2,3)4/h9-10H,5-8H2,1-4H3,(H,15,16)/t9-,10+/m1/s1. The minimum Gasteiger partial charge on any atom is -0.480 e. The van der Waals surface area contributed by atoms with E-state index in [1.807, 2.05) is 0 Å². The van der Waals surface area contributed by atoms with Crippen LogP contribution in [0.1, 0.15) is 47.0 Å². The minimum absolute atomic E-state index is 0.369. The lowest BCUT2D eigenvalue weighted by atomic mass is 9.91. The molecule has 2 atom stereocenters. The van der Waals surface area contributed by atoms with Crippen molar-refractivity contribution in [3.8, 4) is 0 Å². The van der Waals surface area contributed by atoms with Crippen molar-refractivity contribution in [2.75, 3.05) is 6.54 Å². The maximum atomic E-state index is 12.0. The Morgan fingerprint density at radius 1 is 1.33 bits per heavy atom. The van der Waals surface area contributed by atoms with Gasteiger partial charge in [0.05, 0.1) is 0 Å². The van der Waals surface area contributed by atoms with Crippen molar-refractivity contribution in [2.45, 2.75) is 58.6 Å². The molecule has 1 fully saturated rings. The van der Waals surface area contributed by atoms with E-state index in [4.69, 9.17) is 9.84 Å². The van der Waals surface area contributed by atoms with Crippen molar-refractivity contribution in [3.63, 3.8) is 0 Å². The fourth-order valence-electron chi connectivity index (χ4n) is 2.16. The Bertz CT molecular complexity index is 321. The Balaban J connectivity index is 2.78. The van der Waals surface area contributed by atoms with Crippen molar-refractivity contribution >= 4 is 12.1 Å². The molecular weight excluding hydrogens is 234 g/mol. The largest absolute Gasteiger partial charge is 0.480 e. The summed E-state index contributed by atoms with van der Waals surface area (Å²) in [5.74, 6) is -0.580. The number of hydrogen-bond acceptors (Lipinski definition) is 3. The van der Waals surface area contributed by atoms with Crippen molar-refractivity contribution in [1.29, 1.82) is 0 Å². The highest BCUT2D eigenvalue weighted by molar-refractivity contribution is 5.80. The number of rotatable bonds is 2. The van der Waals surface area contributed by atoms with Crippen molar-refractivity contribution in [2.24, 2.45) is 5.92 Å². The zero-order valence-electron chi connectivity index (χ0n) is 11.6. The van der Waals surface area contributed by atoms with Gasteiger partial charge in [0.25, 0.3) is 0 Å². The molecule has 0 aromatic carbocycles. The molecule has 0 unspecified atom stereocenters. The van der Waals surface area contributed by atoms with Crippen LogP contribution in [0.2, 0.25) is 0 Å². The lowest BCUT2D eigenvalue weighted by Crippen LogP contribution is -2.52. The molecule has 18 heavy (non-hydrogen) atoms. The van der Waals surface area contributed by atoms with Crippen LogP contribution in [-0.2, 0) is 9.53 Å². The van der Waals surface area contributed by atoms with Gasteiger partial charge >= 0.3 is 12.1 Å². The maximum Gasteiger partial charge on any atom is 0.411 e. The van der Waals surface area contributed by atoms with Gasteiger partial charge in [-0.05, 0) is 39.5 Å².